The van der Waals surface area contributed by atoms with Crippen molar-refractivity contribution >= 4 is 11.6 Å². The Morgan fingerprint density at radius 2 is 1.48 bits per heavy atom. The number of aryl methyl sites for hydroxylation is 2. The first kappa shape index (κ1) is 18.0. The molecule has 0 nitrogen and oxygen atoms in total. The lowest BCUT2D eigenvalue weighted by Gasteiger charge is -2.42. The van der Waals surface area contributed by atoms with Crippen LogP contribution in [0.2, 0.25) is 0 Å². The maximum absolute atomic E-state index is 2.43. The van der Waals surface area contributed by atoms with E-state index in [2.05, 4.69) is 90.9 Å². The van der Waals surface area contributed by atoms with Crippen LogP contribution in [-0.4, -0.2) is 0 Å². The van der Waals surface area contributed by atoms with Crippen LogP contribution in [0, 0.1) is 13.8 Å². The van der Waals surface area contributed by atoms with Gasteiger partial charge in [0.05, 0.1) is 0 Å². The van der Waals surface area contributed by atoms with Gasteiger partial charge >= 0.3 is 0 Å². The van der Waals surface area contributed by atoms with E-state index in [0.29, 0.717) is 0 Å². The van der Waals surface area contributed by atoms with Crippen molar-refractivity contribution in [3.05, 3.63) is 69.8 Å². The molecule has 0 heteroatoms. The molecule has 0 radical (unpaired) electrons. The van der Waals surface area contributed by atoms with Gasteiger partial charge in [-0.15, -0.1) is 0 Å². The van der Waals surface area contributed by atoms with Gasteiger partial charge < -0.3 is 0 Å². The summed E-state index contributed by atoms with van der Waals surface area (Å²) in [6.07, 6.45) is 4.87. The highest BCUT2D eigenvalue weighted by atomic mass is 14.4. The van der Waals surface area contributed by atoms with Crippen LogP contribution in [0.25, 0.3) is 11.6 Å². The Hall–Kier alpha value is -1.82. The molecule has 0 spiro atoms. The molecule has 2 aromatic carbocycles. The minimum atomic E-state index is 0.266. The average Bonchev–Trinajstić information content (AvgIpc) is 2.52. The van der Waals surface area contributed by atoms with Crippen LogP contribution in [0.5, 0.6) is 0 Å². The van der Waals surface area contributed by atoms with E-state index >= 15 is 0 Å². The fourth-order valence-corrected chi connectivity index (χ4v) is 4.28. The van der Waals surface area contributed by atoms with Gasteiger partial charge in [0, 0.05) is 0 Å². The number of benzene rings is 2. The maximum atomic E-state index is 2.43. The summed E-state index contributed by atoms with van der Waals surface area (Å²) in [4.78, 5) is 0. The molecule has 1 aliphatic carbocycles. The van der Waals surface area contributed by atoms with Gasteiger partial charge in [0.15, 0.2) is 0 Å². The molecule has 1 aliphatic rings. The molecular weight excluding hydrogens is 300 g/mol. The number of hydrogen-bond acceptors (Lipinski definition) is 0. The van der Waals surface area contributed by atoms with Gasteiger partial charge in [0.1, 0.15) is 0 Å². The number of allylic oxidation sites excluding steroid dienone is 1. The Morgan fingerprint density at radius 3 is 2.12 bits per heavy atom. The lowest BCUT2D eigenvalue weighted by Crippen LogP contribution is -2.33. The van der Waals surface area contributed by atoms with Gasteiger partial charge in [-0.3, -0.25) is 0 Å². The van der Waals surface area contributed by atoms with E-state index < -0.39 is 0 Å². The predicted molar refractivity (Wildman–Crippen MR) is 111 cm³/mol. The number of fused-ring (bicyclic) bond motifs is 1. The summed E-state index contributed by atoms with van der Waals surface area (Å²) in [5.41, 5.74) is 10.3. The second-order valence-electron chi connectivity index (χ2n) is 9.22. The maximum Gasteiger partial charge on any atom is -0.0100 e. The quantitative estimate of drug-likeness (QED) is 0.509. The monoisotopic (exact) mass is 332 g/mol. The normalized spacial score (nSPS) is 18.8. The lowest BCUT2D eigenvalue weighted by atomic mass is 9.63. The molecule has 0 fully saturated rings. The minimum Gasteiger partial charge on any atom is -0.0587 e. The van der Waals surface area contributed by atoms with Crippen LogP contribution in [0.3, 0.4) is 0 Å². The van der Waals surface area contributed by atoms with Crippen LogP contribution in [0.1, 0.15) is 80.8 Å². The zero-order chi connectivity index (χ0) is 18.4. The van der Waals surface area contributed by atoms with Crippen molar-refractivity contribution in [1.29, 1.82) is 0 Å². The molecule has 0 atom stereocenters. The van der Waals surface area contributed by atoms with E-state index in [1.807, 2.05) is 0 Å². The minimum absolute atomic E-state index is 0.266. The summed E-state index contributed by atoms with van der Waals surface area (Å²) in [6.45, 7) is 16.2. The fourth-order valence-electron chi connectivity index (χ4n) is 4.28. The average molecular weight is 333 g/mol. The van der Waals surface area contributed by atoms with E-state index in [-0.39, 0.29) is 10.8 Å². The SMILES string of the molecule is CC(=Cc1ccc2c(c1)C(C)(C)CCC2(C)C)c1ccc(C)cc1C. The molecule has 0 saturated heterocycles. The Bertz CT molecular complexity index is 831. The molecular formula is C25H32. The van der Waals surface area contributed by atoms with Gasteiger partial charge in [0.25, 0.3) is 0 Å². The lowest BCUT2D eigenvalue weighted by molar-refractivity contribution is 0.332. The number of hydrogen-bond donors (Lipinski definition) is 0. The van der Waals surface area contributed by atoms with Crippen molar-refractivity contribution in [3.63, 3.8) is 0 Å². The highest BCUT2D eigenvalue weighted by Gasteiger charge is 2.36. The molecule has 2 aromatic rings. The molecule has 132 valence electrons. The summed E-state index contributed by atoms with van der Waals surface area (Å²) in [7, 11) is 0. The van der Waals surface area contributed by atoms with Crippen molar-refractivity contribution in [1.82, 2.24) is 0 Å². The fraction of sp³-hybridized carbons (Fsp3) is 0.440. The van der Waals surface area contributed by atoms with Crippen molar-refractivity contribution in [2.24, 2.45) is 0 Å². The molecule has 0 saturated carbocycles. The molecule has 0 N–H and O–H groups in total. The van der Waals surface area contributed by atoms with Gasteiger partial charge in [0.2, 0.25) is 0 Å². The van der Waals surface area contributed by atoms with E-state index in [1.54, 1.807) is 0 Å². The van der Waals surface area contributed by atoms with Gasteiger partial charge in [-0.05, 0) is 77.8 Å². The van der Waals surface area contributed by atoms with E-state index in [4.69, 9.17) is 0 Å². The topological polar surface area (TPSA) is 0 Å². The summed E-state index contributed by atoms with van der Waals surface area (Å²) in [5, 5.41) is 0. The first-order chi connectivity index (χ1) is 11.6. The van der Waals surface area contributed by atoms with Crippen LogP contribution in [-0.2, 0) is 10.8 Å². The molecule has 25 heavy (non-hydrogen) atoms. The van der Waals surface area contributed by atoms with Crippen molar-refractivity contribution in [3.8, 4) is 0 Å². The van der Waals surface area contributed by atoms with Crippen molar-refractivity contribution in [2.45, 2.75) is 72.1 Å². The van der Waals surface area contributed by atoms with E-state index in [0.717, 1.165) is 0 Å². The van der Waals surface area contributed by atoms with Gasteiger partial charge in [-0.1, -0.05) is 75.7 Å². The molecule has 0 amide bonds. The van der Waals surface area contributed by atoms with Crippen LogP contribution in [0.4, 0.5) is 0 Å². The molecule has 0 unspecified atom stereocenters. The van der Waals surface area contributed by atoms with Crippen LogP contribution in [0.15, 0.2) is 36.4 Å². The third-order valence-corrected chi connectivity index (χ3v) is 6.07. The van der Waals surface area contributed by atoms with Gasteiger partial charge in [-0.2, -0.15) is 0 Å². The molecule has 0 aromatic heterocycles. The summed E-state index contributed by atoms with van der Waals surface area (Å²) >= 11 is 0. The molecule has 0 aliphatic heterocycles. The second kappa shape index (κ2) is 6.16. The Kier molecular flexibility index (Phi) is 4.43. The Morgan fingerprint density at radius 1 is 0.840 bits per heavy atom. The van der Waals surface area contributed by atoms with Crippen LogP contribution >= 0.6 is 0 Å². The standard InChI is InChI=1S/C25H32/c1-17-8-10-21(18(2)14-17)19(3)15-20-9-11-22-23(16-20)25(6,7)13-12-24(22,4)5/h8-11,14-16H,12-13H2,1-7H3. The summed E-state index contributed by atoms with van der Waals surface area (Å²) in [6, 6.07) is 13.8. The molecule has 0 bridgehead atoms. The third kappa shape index (κ3) is 3.45. The van der Waals surface area contributed by atoms with E-state index in [1.165, 1.54) is 51.8 Å². The van der Waals surface area contributed by atoms with E-state index in [9.17, 15) is 0 Å². The van der Waals surface area contributed by atoms with Crippen LogP contribution < -0.4 is 0 Å². The molecule has 3 rings (SSSR count). The Balaban J connectivity index is 2.05. The largest absolute Gasteiger partial charge is 0.0587 e. The second-order valence-corrected chi connectivity index (χ2v) is 9.22. The van der Waals surface area contributed by atoms with Crippen molar-refractivity contribution in [2.75, 3.05) is 0 Å². The first-order valence-corrected chi connectivity index (χ1v) is 9.51. The third-order valence-electron chi connectivity index (χ3n) is 6.07. The zero-order valence-corrected chi connectivity index (χ0v) is 17.0. The highest BCUT2D eigenvalue weighted by molar-refractivity contribution is 5.82. The summed E-state index contributed by atoms with van der Waals surface area (Å²) < 4.78 is 0. The predicted octanol–water partition coefficient (Wildman–Crippen LogP) is 7.21. The highest BCUT2D eigenvalue weighted by Crippen LogP contribution is 2.46. The zero-order valence-electron chi connectivity index (χ0n) is 17.0. The summed E-state index contributed by atoms with van der Waals surface area (Å²) in [5.74, 6) is 0. The van der Waals surface area contributed by atoms with Crippen molar-refractivity contribution < 1.29 is 0 Å². The number of rotatable bonds is 2. The molecule has 0 heterocycles. The van der Waals surface area contributed by atoms with Gasteiger partial charge in [-0.25, -0.2) is 0 Å². The smallest absolute Gasteiger partial charge is 0.0100 e. The Labute approximate surface area is 154 Å². The first-order valence-electron chi connectivity index (χ1n) is 9.51.